The summed E-state index contributed by atoms with van der Waals surface area (Å²) >= 11 is 9.22. The monoisotopic (exact) mass is 338 g/mol. The van der Waals surface area contributed by atoms with E-state index in [0.717, 1.165) is 10.0 Å². The van der Waals surface area contributed by atoms with Crippen LogP contribution in [0.2, 0.25) is 5.02 Å². The third-order valence-corrected chi connectivity index (χ3v) is 3.52. The average molecular weight is 340 g/mol. The maximum Gasteiger partial charge on any atom is 0.257 e. The molecular weight excluding hydrogens is 328 g/mol. The number of hydrogen-bond acceptors (Lipinski definition) is 2. The second kappa shape index (κ2) is 5.63. The molecule has 0 atom stereocenters. The number of anilines is 2. The van der Waals surface area contributed by atoms with Gasteiger partial charge in [0.05, 0.1) is 11.3 Å². The summed E-state index contributed by atoms with van der Waals surface area (Å²) in [5.74, 6) is -0.265. The standard InChI is InChI=1S/C14H12BrClN2O/c1-8-2-5-13(11(15)6-8)18-14(19)10-4-3-9(16)7-12(10)17/h2-7H,17H2,1H3,(H,18,19). The fourth-order valence-corrected chi connectivity index (χ4v) is 2.42. The molecule has 2 rings (SSSR count). The molecule has 0 saturated carbocycles. The van der Waals surface area contributed by atoms with E-state index in [9.17, 15) is 4.79 Å². The largest absolute Gasteiger partial charge is 0.398 e. The van der Waals surface area contributed by atoms with Crippen molar-refractivity contribution in [3.8, 4) is 0 Å². The molecular formula is C14H12BrClN2O. The normalized spacial score (nSPS) is 10.3. The second-order valence-corrected chi connectivity index (χ2v) is 5.46. The van der Waals surface area contributed by atoms with E-state index < -0.39 is 0 Å². The lowest BCUT2D eigenvalue weighted by Gasteiger charge is -2.10. The predicted molar refractivity (Wildman–Crippen MR) is 82.7 cm³/mol. The number of nitrogen functional groups attached to an aromatic ring is 1. The molecule has 0 unspecified atom stereocenters. The van der Waals surface area contributed by atoms with Crippen molar-refractivity contribution in [2.24, 2.45) is 0 Å². The first kappa shape index (κ1) is 13.9. The molecule has 0 spiro atoms. The van der Waals surface area contributed by atoms with Gasteiger partial charge in [0.15, 0.2) is 0 Å². The first-order valence-corrected chi connectivity index (χ1v) is 6.77. The smallest absolute Gasteiger partial charge is 0.257 e. The molecule has 0 heterocycles. The van der Waals surface area contributed by atoms with Gasteiger partial charge in [-0.1, -0.05) is 17.7 Å². The van der Waals surface area contributed by atoms with Crippen molar-refractivity contribution in [3.05, 3.63) is 57.0 Å². The quantitative estimate of drug-likeness (QED) is 0.804. The maximum atomic E-state index is 12.1. The van der Waals surface area contributed by atoms with E-state index in [0.29, 0.717) is 22.0 Å². The predicted octanol–water partition coefficient (Wildman–Crippen LogP) is 4.25. The van der Waals surface area contributed by atoms with Gasteiger partial charge in [-0.05, 0) is 58.7 Å². The van der Waals surface area contributed by atoms with Crippen LogP contribution in [0.15, 0.2) is 40.9 Å². The molecule has 0 radical (unpaired) electrons. The molecule has 0 saturated heterocycles. The SMILES string of the molecule is Cc1ccc(NC(=O)c2ccc(Cl)cc2N)c(Br)c1. The van der Waals surface area contributed by atoms with Gasteiger partial charge in [-0.25, -0.2) is 0 Å². The van der Waals surface area contributed by atoms with E-state index in [4.69, 9.17) is 17.3 Å². The number of nitrogens with two attached hydrogens (primary N) is 1. The molecule has 0 aliphatic carbocycles. The summed E-state index contributed by atoms with van der Waals surface area (Å²) in [5, 5.41) is 3.31. The molecule has 0 bridgehead atoms. The van der Waals surface area contributed by atoms with Gasteiger partial charge in [0, 0.05) is 15.2 Å². The van der Waals surface area contributed by atoms with Gasteiger partial charge in [0.25, 0.3) is 5.91 Å². The number of carbonyl (C=O) groups is 1. The lowest BCUT2D eigenvalue weighted by molar-refractivity contribution is 0.102. The Bertz CT molecular complexity index is 643. The van der Waals surface area contributed by atoms with Gasteiger partial charge >= 0.3 is 0 Å². The van der Waals surface area contributed by atoms with Crippen LogP contribution in [-0.2, 0) is 0 Å². The van der Waals surface area contributed by atoms with Crippen LogP contribution >= 0.6 is 27.5 Å². The van der Waals surface area contributed by atoms with Gasteiger partial charge < -0.3 is 11.1 Å². The number of amides is 1. The van der Waals surface area contributed by atoms with Crippen LogP contribution < -0.4 is 11.1 Å². The maximum absolute atomic E-state index is 12.1. The Morgan fingerprint density at radius 2 is 2.00 bits per heavy atom. The number of nitrogens with one attached hydrogen (secondary N) is 1. The number of rotatable bonds is 2. The number of aryl methyl sites for hydroxylation is 1. The first-order valence-electron chi connectivity index (χ1n) is 5.60. The molecule has 0 aliphatic heterocycles. The molecule has 2 aromatic rings. The minimum Gasteiger partial charge on any atom is -0.398 e. The lowest BCUT2D eigenvalue weighted by atomic mass is 10.1. The van der Waals surface area contributed by atoms with Crippen LogP contribution in [0.3, 0.4) is 0 Å². The molecule has 3 nitrogen and oxygen atoms in total. The third kappa shape index (κ3) is 3.28. The van der Waals surface area contributed by atoms with Crippen molar-refractivity contribution in [1.29, 1.82) is 0 Å². The summed E-state index contributed by atoms with van der Waals surface area (Å²) in [6.07, 6.45) is 0. The van der Waals surface area contributed by atoms with Crippen LogP contribution in [0, 0.1) is 6.92 Å². The highest BCUT2D eigenvalue weighted by Gasteiger charge is 2.11. The Kier molecular flexibility index (Phi) is 4.12. The van der Waals surface area contributed by atoms with E-state index in [1.165, 1.54) is 0 Å². The average Bonchev–Trinajstić information content (AvgIpc) is 2.32. The number of hydrogen-bond donors (Lipinski definition) is 2. The van der Waals surface area contributed by atoms with Crippen molar-refractivity contribution >= 4 is 44.8 Å². The van der Waals surface area contributed by atoms with Gasteiger partial charge in [-0.3, -0.25) is 4.79 Å². The Morgan fingerprint density at radius 3 is 2.63 bits per heavy atom. The highest BCUT2D eigenvalue weighted by atomic mass is 79.9. The summed E-state index contributed by atoms with van der Waals surface area (Å²) in [5.41, 5.74) is 8.34. The van der Waals surface area contributed by atoms with E-state index in [1.807, 2.05) is 25.1 Å². The summed E-state index contributed by atoms with van der Waals surface area (Å²) < 4.78 is 0.827. The molecule has 1 amide bonds. The number of benzene rings is 2. The fourth-order valence-electron chi connectivity index (χ4n) is 1.65. The molecule has 3 N–H and O–H groups in total. The highest BCUT2D eigenvalue weighted by molar-refractivity contribution is 9.10. The Hall–Kier alpha value is -1.52. The van der Waals surface area contributed by atoms with E-state index in [1.54, 1.807) is 18.2 Å². The van der Waals surface area contributed by atoms with Crippen LogP contribution in [0.5, 0.6) is 0 Å². The van der Waals surface area contributed by atoms with Crippen molar-refractivity contribution in [2.45, 2.75) is 6.92 Å². The zero-order valence-corrected chi connectivity index (χ0v) is 12.5. The topological polar surface area (TPSA) is 55.1 Å². The Labute approximate surface area is 124 Å². The summed E-state index contributed by atoms with van der Waals surface area (Å²) in [4.78, 5) is 12.1. The third-order valence-electron chi connectivity index (χ3n) is 2.63. The molecule has 0 aliphatic rings. The van der Waals surface area contributed by atoms with Gasteiger partial charge in [-0.2, -0.15) is 0 Å². The number of carbonyl (C=O) groups excluding carboxylic acids is 1. The molecule has 2 aromatic carbocycles. The summed E-state index contributed by atoms with van der Waals surface area (Å²) in [6, 6.07) is 10.5. The molecule has 0 fully saturated rings. The zero-order valence-electron chi connectivity index (χ0n) is 10.2. The molecule has 19 heavy (non-hydrogen) atoms. The van der Waals surface area contributed by atoms with Gasteiger partial charge in [0.1, 0.15) is 0 Å². The van der Waals surface area contributed by atoms with E-state index in [2.05, 4.69) is 21.2 Å². The van der Waals surface area contributed by atoms with E-state index >= 15 is 0 Å². The Morgan fingerprint density at radius 1 is 1.26 bits per heavy atom. The van der Waals surface area contributed by atoms with Crippen molar-refractivity contribution in [1.82, 2.24) is 0 Å². The zero-order chi connectivity index (χ0) is 14.0. The van der Waals surface area contributed by atoms with Gasteiger partial charge in [-0.15, -0.1) is 0 Å². The summed E-state index contributed by atoms with van der Waals surface area (Å²) in [7, 11) is 0. The van der Waals surface area contributed by atoms with Gasteiger partial charge in [0.2, 0.25) is 0 Å². The minimum absolute atomic E-state index is 0.265. The molecule has 98 valence electrons. The van der Waals surface area contributed by atoms with Crippen molar-refractivity contribution in [3.63, 3.8) is 0 Å². The first-order chi connectivity index (χ1) is 8.97. The Balaban J connectivity index is 2.25. The van der Waals surface area contributed by atoms with Crippen molar-refractivity contribution < 1.29 is 4.79 Å². The molecule has 0 aromatic heterocycles. The minimum atomic E-state index is -0.265. The van der Waals surface area contributed by atoms with Crippen LogP contribution in [-0.4, -0.2) is 5.91 Å². The number of halogens is 2. The second-order valence-electron chi connectivity index (χ2n) is 4.17. The fraction of sp³-hybridized carbons (Fsp3) is 0.0714. The van der Waals surface area contributed by atoms with Crippen LogP contribution in [0.1, 0.15) is 15.9 Å². The lowest BCUT2D eigenvalue weighted by Crippen LogP contribution is -2.14. The summed E-state index contributed by atoms with van der Waals surface area (Å²) in [6.45, 7) is 1.98. The molecule has 5 heteroatoms. The highest BCUT2D eigenvalue weighted by Crippen LogP contribution is 2.25. The van der Waals surface area contributed by atoms with Crippen LogP contribution in [0.25, 0.3) is 0 Å². The van der Waals surface area contributed by atoms with E-state index in [-0.39, 0.29) is 5.91 Å². The van der Waals surface area contributed by atoms with Crippen molar-refractivity contribution in [2.75, 3.05) is 11.1 Å². The van der Waals surface area contributed by atoms with Crippen LogP contribution in [0.4, 0.5) is 11.4 Å².